The molecule has 2 heteroatoms. The van der Waals surface area contributed by atoms with Crippen LogP contribution in [-0.4, -0.2) is 25.8 Å². The summed E-state index contributed by atoms with van der Waals surface area (Å²) in [6.07, 6.45) is 1.17. The summed E-state index contributed by atoms with van der Waals surface area (Å²) >= 11 is 0. The predicted molar refractivity (Wildman–Crippen MR) is 71.9 cm³/mol. The first kappa shape index (κ1) is 12.3. The van der Waals surface area contributed by atoms with Crippen LogP contribution in [0.25, 0.3) is 5.57 Å². The van der Waals surface area contributed by atoms with Crippen molar-refractivity contribution in [1.29, 1.82) is 0 Å². The Morgan fingerprint density at radius 1 is 1.47 bits per heavy atom. The first-order chi connectivity index (χ1) is 8.27. The van der Waals surface area contributed by atoms with E-state index in [1.54, 1.807) is 0 Å². The fourth-order valence-electron chi connectivity index (χ4n) is 2.17. The highest BCUT2D eigenvalue weighted by molar-refractivity contribution is 5.64. The van der Waals surface area contributed by atoms with Crippen molar-refractivity contribution in [3.8, 4) is 0 Å². The minimum absolute atomic E-state index is 0.498. The Morgan fingerprint density at radius 2 is 2.24 bits per heavy atom. The number of rotatable bonds is 5. The summed E-state index contributed by atoms with van der Waals surface area (Å²) in [6, 6.07) is 10.8. The van der Waals surface area contributed by atoms with Crippen LogP contribution >= 0.6 is 0 Å². The van der Waals surface area contributed by atoms with Gasteiger partial charge in [-0.2, -0.15) is 0 Å². The van der Waals surface area contributed by atoms with E-state index in [-0.39, 0.29) is 0 Å². The molecule has 0 aliphatic carbocycles. The Morgan fingerprint density at radius 3 is 2.88 bits per heavy atom. The van der Waals surface area contributed by atoms with Crippen LogP contribution < -0.4 is 5.32 Å². The van der Waals surface area contributed by atoms with Gasteiger partial charge < -0.3 is 10.1 Å². The van der Waals surface area contributed by atoms with Gasteiger partial charge in [0.25, 0.3) is 0 Å². The van der Waals surface area contributed by atoms with Crippen molar-refractivity contribution in [2.45, 2.75) is 19.4 Å². The Kier molecular flexibility index (Phi) is 4.35. The average molecular weight is 231 g/mol. The highest BCUT2D eigenvalue weighted by atomic mass is 16.5. The summed E-state index contributed by atoms with van der Waals surface area (Å²) in [5, 5.41) is 3.54. The summed E-state index contributed by atoms with van der Waals surface area (Å²) < 4.78 is 5.41. The van der Waals surface area contributed by atoms with Crippen LogP contribution in [0.15, 0.2) is 36.9 Å². The van der Waals surface area contributed by atoms with E-state index in [1.807, 2.05) is 6.07 Å². The van der Waals surface area contributed by atoms with Gasteiger partial charge in [-0.05, 0) is 30.4 Å². The van der Waals surface area contributed by atoms with Crippen molar-refractivity contribution in [1.82, 2.24) is 5.32 Å². The minimum Gasteiger partial charge on any atom is -0.381 e. The van der Waals surface area contributed by atoms with Gasteiger partial charge in [-0.15, -0.1) is 0 Å². The standard InChI is InChI=1S/C15H21NO/c1-12(14-6-4-3-5-7-14)10-16-13(2)15-8-9-17-11-15/h3-7,13,15-16H,1,8-11H2,2H3. The van der Waals surface area contributed by atoms with Crippen molar-refractivity contribution in [3.63, 3.8) is 0 Å². The van der Waals surface area contributed by atoms with Gasteiger partial charge in [-0.3, -0.25) is 0 Å². The topological polar surface area (TPSA) is 21.3 Å². The normalized spacial score (nSPS) is 21.4. The van der Waals surface area contributed by atoms with E-state index in [1.165, 1.54) is 12.0 Å². The molecule has 0 radical (unpaired) electrons. The van der Waals surface area contributed by atoms with Crippen LogP contribution in [0.1, 0.15) is 18.9 Å². The summed E-state index contributed by atoms with van der Waals surface area (Å²) in [7, 11) is 0. The maximum absolute atomic E-state index is 5.41. The van der Waals surface area contributed by atoms with Gasteiger partial charge in [-0.25, -0.2) is 0 Å². The summed E-state index contributed by atoms with van der Waals surface area (Å²) in [5.74, 6) is 0.651. The number of hydrogen-bond acceptors (Lipinski definition) is 2. The highest BCUT2D eigenvalue weighted by Gasteiger charge is 2.21. The maximum atomic E-state index is 5.41. The molecule has 1 heterocycles. The Labute approximate surface area is 104 Å². The third-order valence-electron chi connectivity index (χ3n) is 3.49. The van der Waals surface area contributed by atoms with Crippen molar-refractivity contribution in [2.75, 3.05) is 19.8 Å². The van der Waals surface area contributed by atoms with Crippen molar-refractivity contribution in [3.05, 3.63) is 42.5 Å². The molecule has 17 heavy (non-hydrogen) atoms. The summed E-state index contributed by atoms with van der Waals surface area (Å²) in [4.78, 5) is 0. The lowest BCUT2D eigenvalue weighted by Gasteiger charge is -2.20. The molecular formula is C15H21NO. The third-order valence-corrected chi connectivity index (χ3v) is 3.49. The number of benzene rings is 1. The lowest BCUT2D eigenvalue weighted by Crippen LogP contribution is -2.34. The van der Waals surface area contributed by atoms with Gasteiger partial charge in [0.15, 0.2) is 0 Å². The second-order valence-electron chi connectivity index (χ2n) is 4.76. The zero-order valence-corrected chi connectivity index (χ0v) is 10.5. The molecule has 0 saturated carbocycles. The van der Waals surface area contributed by atoms with Crippen LogP contribution in [0.2, 0.25) is 0 Å². The van der Waals surface area contributed by atoms with Crippen LogP contribution in [0.3, 0.4) is 0 Å². The number of nitrogens with one attached hydrogen (secondary N) is 1. The molecule has 1 aromatic carbocycles. The molecule has 2 unspecified atom stereocenters. The molecule has 1 aromatic rings. The van der Waals surface area contributed by atoms with E-state index >= 15 is 0 Å². The smallest absolute Gasteiger partial charge is 0.0509 e. The van der Waals surface area contributed by atoms with Crippen LogP contribution in [-0.2, 0) is 4.74 Å². The van der Waals surface area contributed by atoms with E-state index < -0.39 is 0 Å². The monoisotopic (exact) mass is 231 g/mol. The van der Waals surface area contributed by atoms with E-state index in [9.17, 15) is 0 Å². The van der Waals surface area contributed by atoms with Gasteiger partial charge in [0, 0.05) is 19.2 Å². The van der Waals surface area contributed by atoms with Crippen molar-refractivity contribution in [2.24, 2.45) is 5.92 Å². The molecule has 92 valence electrons. The molecule has 2 atom stereocenters. The first-order valence-corrected chi connectivity index (χ1v) is 6.31. The zero-order valence-electron chi connectivity index (χ0n) is 10.5. The number of ether oxygens (including phenoxy) is 1. The molecule has 2 nitrogen and oxygen atoms in total. The Hall–Kier alpha value is -1.12. The van der Waals surface area contributed by atoms with Crippen molar-refractivity contribution < 1.29 is 4.74 Å². The fourth-order valence-corrected chi connectivity index (χ4v) is 2.17. The second-order valence-corrected chi connectivity index (χ2v) is 4.76. The van der Waals surface area contributed by atoms with Crippen LogP contribution in [0.4, 0.5) is 0 Å². The van der Waals surface area contributed by atoms with E-state index in [4.69, 9.17) is 4.74 Å². The molecule has 1 saturated heterocycles. The second kappa shape index (κ2) is 5.99. The van der Waals surface area contributed by atoms with Gasteiger partial charge in [-0.1, -0.05) is 36.9 Å². The van der Waals surface area contributed by atoms with Gasteiger partial charge in [0.05, 0.1) is 6.61 Å². The molecule has 0 amide bonds. The third kappa shape index (κ3) is 3.42. The molecule has 0 spiro atoms. The molecule has 2 rings (SSSR count). The SMILES string of the molecule is C=C(CNC(C)C1CCOC1)c1ccccc1. The average Bonchev–Trinajstić information content (AvgIpc) is 2.90. The molecular weight excluding hydrogens is 210 g/mol. The quantitative estimate of drug-likeness (QED) is 0.841. The zero-order chi connectivity index (χ0) is 12.1. The summed E-state index contributed by atoms with van der Waals surface area (Å²) in [5.41, 5.74) is 2.37. The Balaban J connectivity index is 1.80. The van der Waals surface area contributed by atoms with Gasteiger partial charge >= 0.3 is 0 Å². The van der Waals surface area contributed by atoms with Gasteiger partial charge in [0.2, 0.25) is 0 Å². The molecule has 0 bridgehead atoms. The molecule has 1 N–H and O–H groups in total. The van der Waals surface area contributed by atoms with E-state index in [0.717, 1.165) is 25.3 Å². The van der Waals surface area contributed by atoms with Crippen LogP contribution in [0, 0.1) is 5.92 Å². The fraction of sp³-hybridized carbons (Fsp3) is 0.467. The molecule has 0 aromatic heterocycles. The Bertz CT molecular complexity index is 354. The minimum atomic E-state index is 0.498. The molecule has 1 fully saturated rings. The number of hydrogen-bond donors (Lipinski definition) is 1. The maximum Gasteiger partial charge on any atom is 0.0509 e. The lowest BCUT2D eigenvalue weighted by molar-refractivity contribution is 0.179. The first-order valence-electron chi connectivity index (χ1n) is 6.31. The summed E-state index contributed by atoms with van der Waals surface area (Å²) in [6.45, 7) is 9.02. The van der Waals surface area contributed by atoms with Crippen molar-refractivity contribution >= 4 is 5.57 Å². The largest absolute Gasteiger partial charge is 0.381 e. The van der Waals surface area contributed by atoms with Gasteiger partial charge in [0.1, 0.15) is 0 Å². The van der Waals surface area contributed by atoms with E-state index in [0.29, 0.717) is 12.0 Å². The van der Waals surface area contributed by atoms with Crippen LogP contribution in [0.5, 0.6) is 0 Å². The predicted octanol–water partition coefficient (Wildman–Crippen LogP) is 2.71. The molecule has 1 aliphatic heterocycles. The highest BCUT2D eigenvalue weighted by Crippen LogP contribution is 2.17. The van der Waals surface area contributed by atoms with E-state index in [2.05, 4.69) is 43.1 Å². The molecule has 1 aliphatic rings. The lowest BCUT2D eigenvalue weighted by atomic mass is 10.00.